The minimum atomic E-state index is -0.352. The van der Waals surface area contributed by atoms with Crippen LogP contribution in [0, 0.1) is 23.2 Å². The highest BCUT2D eigenvalue weighted by molar-refractivity contribution is 9.10. The fourth-order valence-corrected chi connectivity index (χ4v) is 6.35. The molecular formula is C17H25BrN2O. The summed E-state index contributed by atoms with van der Waals surface area (Å²) in [6.07, 6.45) is 10.5. The highest BCUT2D eigenvalue weighted by atomic mass is 79.9. The second-order valence-corrected chi connectivity index (χ2v) is 8.64. The Morgan fingerprint density at radius 1 is 1.29 bits per heavy atom. The molecule has 21 heavy (non-hydrogen) atoms. The van der Waals surface area contributed by atoms with E-state index in [2.05, 4.69) is 28.0 Å². The Morgan fingerprint density at radius 2 is 1.86 bits per heavy atom. The lowest BCUT2D eigenvalue weighted by molar-refractivity contribution is -0.124. The van der Waals surface area contributed by atoms with Crippen LogP contribution in [0.15, 0.2) is 10.7 Å². The smallest absolute Gasteiger partial charge is 0.102 e. The van der Waals surface area contributed by atoms with Gasteiger partial charge in [0.25, 0.3) is 0 Å². The van der Waals surface area contributed by atoms with Gasteiger partial charge < -0.3 is 5.11 Å². The predicted molar refractivity (Wildman–Crippen MR) is 85.8 cm³/mol. The second kappa shape index (κ2) is 5.09. The van der Waals surface area contributed by atoms with E-state index < -0.39 is 0 Å². The van der Waals surface area contributed by atoms with Crippen molar-refractivity contribution in [3.05, 3.63) is 16.4 Å². The zero-order valence-corrected chi connectivity index (χ0v) is 14.3. The molecule has 116 valence electrons. The molecule has 0 aromatic carbocycles. The van der Waals surface area contributed by atoms with Crippen LogP contribution in [-0.4, -0.2) is 14.9 Å². The normalized spacial score (nSPS) is 38.9. The third-order valence-electron chi connectivity index (χ3n) is 6.19. The first kappa shape index (κ1) is 14.3. The van der Waals surface area contributed by atoms with Gasteiger partial charge in [-0.25, -0.2) is 0 Å². The largest absolute Gasteiger partial charge is 0.386 e. The number of aliphatic hydroxyl groups excluding tert-OH is 1. The monoisotopic (exact) mass is 352 g/mol. The van der Waals surface area contributed by atoms with Crippen LogP contribution in [-0.2, 0) is 6.54 Å². The highest BCUT2D eigenvalue weighted by Crippen LogP contribution is 2.64. The lowest BCUT2D eigenvalue weighted by Crippen LogP contribution is -2.49. The van der Waals surface area contributed by atoms with Crippen molar-refractivity contribution in [2.75, 3.05) is 0 Å². The molecule has 3 nitrogen and oxygen atoms in total. The average Bonchev–Trinajstić information content (AvgIpc) is 2.78. The predicted octanol–water partition coefficient (Wildman–Crippen LogP) is 4.31. The fraction of sp³-hybridized carbons (Fsp3) is 0.824. The Morgan fingerprint density at radius 3 is 2.38 bits per heavy atom. The van der Waals surface area contributed by atoms with Gasteiger partial charge in [-0.1, -0.05) is 6.92 Å². The zero-order valence-electron chi connectivity index (χ0n) is 12.8. The van der Waals surface area contributed by atoms with Crippen molar-refractivity contribution in [3.8, 4) is 0 Å². The van der Waals surface area contributed by atoms with E-state index >= 15 is 0 Å². The molecule has 0 radical (unpaired) electrons. The minimum absolute atomic E-state index is 0.128. The van der Waals surface area contributed by atoms with Crippen LogP contribution in [0.2, 0.25) is 0 Å². The molecule has 0 spiro atoms. The SMILES string of the molecule is CCCn1ncc(Br)c1C(O)C12CC3CC(CC(C3)C1)C2. The number of nitrogens with zero attached hydrogens (tertiary/aromatic N) is 2. The summed E-state index contributed by atoms with van der Waals surface area (Å²) >= 11 is 3.62. The Hall–Kier alpha value is -0.350. The first-order valence-electron chi connectivity index (χ1n) is 8.50. The number of hydrogen-bond donors (Lipinski definition) is 1. The maximum absolute atomic E-state index is 11.3. The fourth-order valence-electron chi connectivity index (χ4n) is 5.84. The summed E-state index contributed by atoms with van der Waals surface area (Å²) in [6.45, 7) is 3.06. The number of rotatable bonds is 4. The molecule has 4 heteroatoms. The molecule has 1 aromatic rings. The Balaban J connectivity index is 1.68. The van der Waals surface area contributed by atoms with Crippen LogP contribution < -0.4 is 0 Å². The topological polar surface area (TPSA) is 38.0 Å². The molecule has 4 aliphatic carbocycles. The van der Waals surface area contributed by atoms with E-state index in [4.69, 9.17) is 0 Å². The van der Waals surface area contributed by atoms with Crippen molar-refractivity contribution in [1.29, 1.82) is 0 Å². The van der Waals surface area contributed by atoms with E-state index in [0.29, 0.717) is 0 Å². The third kappa shape index (κ3) is 2.21. The van der Waals surface area contributed by atoms with Gasteiger partial charge in [-0.05, 0) is 78.6 Å². The van der Waals surface area contributed by atoms with Crippen molar-refractivity contribution in [2.45, 2.75) is 64.5 Å². The molecule has 1 unspecified atom stereocenters. The number of hydrogen-bond acceptors (Lipinski definition) is 2. The molecule has 4 fully saturated rings. The summed E-state index contributed by atoms with van der Waals surface area (Å²) in [5.41, 5.74) is 1.15. The van der Waals surface area contributed by atoms with Crippen LogP contribution >= 0.6 is 15.9 Å². The lowest BCUT2D eigenvalue weighted by Gasteiger charge is -2.58. The molecule has 4 bridgehead atoms. The molecule has 0 aliphatic heterocycles. The minimum Gasteiger partial charge on any atom is -0.386 e. The van der Waals surface area contributed by atoms with Gasteiger partial charge in [0.05, 0.1) is 16.4 Å². The number of aliphatic hydroxyl groups is 1. The van der Waals surface area contributed by atoms with E-state index in [1.165, 1.54) is 38.5 Å². The molecule has 1 atom stereocenters. The maximum Gasteiger partial charge on any atom is 0.102 e. The van der Waals surface area contributed by atoms with Crippen LogP contribution in [0.25, 0.3) is 0 Å². The summed E-state index contributed by atoms with van der Waals surface area (Å²) in [4.78, 5) is 0. The quantitative estimate of drug-likeness (QED) is 0.876. The number of aryl methyl sites for hydroxylation is 1. The van der Waals surface area contributed by atoms with Crippen LogP contribution in [0.1, 0.15) is 63.7 Å². The maximum atomic E-state index is 11.3. The van der Waals surface area contributed by atoms with Gasteiger partial charge in [-0.2, -0.15) is 5.10 Å². The van der Waals surface area contributed by atoms with Crippen molar-refractivity contribution in [2.24, 2.45) is 23.2 Å². The van der Waals surface area contributed by atoms with E-state index in [-0.39, 0.29) is 11.5 Å². The van der Waals surface area contributed by atoms with Gasteiger partial charge in [0, 0.05) is 12.0 Å². The highest BCUT2D eigenvalue weighted by Gasteiger charge is 2.55. The van der Waals surface area contributed by atoms with Crippen molar-refractivity contribution in [3.63, 3.8) is 0 Å². The average molecular weight is 353 g/mol. The van der Waals surface area contributed by atoms with Gasteiger partial charge in [0.1, 0.15) is 6.10 Å². The number of aromatic nitrogens is 2. The van der Waals surface area contributed by atoms with Crippen molar-refractivity contribution >= 4 is 15.9 Å². The molecule has 0 saturated heterocycles. The summed E-state index contributed by atoms with van der Waals surface area (Å²) in [5.74, 6) is 2.60. The third-order valence-corrected chi connectivity index (χ3v) is 6.80. The van der Waals surface area contributed by atoms with E-state index in [9.17, 15) is 5.11 Å². The Labute approximate surface area is 135 Å². The van der Waals surface area contributed by atoms with E-state index in [1.807, 2.05) is 10.9 Å². The van der Waals surface area contributed by atoms with Gasteiger partial charge in [-0.3, -0.25) is 4.68 Å². The Bertz CT molecular complexity index is 504. The van der Waals surface area contributed by atoms with Gasteiger partial charge in [0.15, 0.2) is 0 Å². The lowest BCUT2D eigenvalue weighted by atomic mass is 9.48. The second-order valence-electron chi connectivity index (χ2n) is 7.78. The first-order chi connectivity index (χ1) is 10.1. The van der Waals surface area contributed by atoms with E-state index in [1.54, 1.807) is 0 Å². The molecule has 1 aromatic heterocycles. The summed E-state index contributed by atoms with van der Waals surface area (Å²) in [5, 5.41) is 15.7. The van der Waals surface area contributed by atoms with Crippen molar-refractivity contribution < 1.29 is 5.11 Å². The molecule has 0 amide bonds. The molecule has 5 rings (SSSR count). The van der Waals surface area contributed by atoms with Crippen molar-refractivity contribution in [1.82, 2.24) is 9.78 Å². The molecule has 4 aliphatic rings. The zero-order chi connectivity index (χ0) is 14.6. The Kier molecular flexibility index (Phi) is 3.45. The molecule has 4 saturated carbocycles. The first-order valence-corrected chi connectivity index (χ1v) is 9.30. The summed E-state index contributed by atoms with van der Waals surface area (Å²) in [6, 6.07) is 0. The molecule has 1 heterocycles. The molecular weight excluding hydrogens is 328 g/mol. The summed E-state index contributed by atoms with van der Waals surface area (Å²) < 4.78 is 3.01. The standard InChI is InChI=1S/C17H25BrN2O/c1-2-3-20-15(14(18)10-19-20)16(21)17-7-11-4-12(8-17)6-13(5-11)9-17/h10-13,16,21H,2-9H2,1H3. The van der Waals surface area contributed by atoms with Gasteiger partial charge in [-0.15, -0.1) is 0 Å². The van der Waals surface area contributed by atoms with Crippen LogP contribution in [0.3, 0.4) is 0 Å². The van der Waals surface area contributed by atoms with Gasteiger partial charge >= 0.3 is 0 Å². The van der Waals surface area contributed by atoms with Gasteiger partial charge in [0.2, 0.25) is 0 Å². The number of halogens is 1. The van der Waals surface area contributed by atoms with Crippen LogP contribution in [0.4, 0.5) is 0 Å². The molecule has 1 N–H and O–H groups in total. The van der Waals surface area contributed by atoms with E-state index in [0.717, 1.165) is 40.9 Å². The van der Waals surface area contributed by atoms with Crippen LogP contribution in [0.5, 0.6) is 0 Å². The summed E-state index contributed by atoms with van der Waals surface area (Å²) in [7, 11) is 0.